The van der Waals surface area contributed by atoms with Crippen molar-refractivity contribution in [1.29, 1.82) is 0 Å². The highest BCUT2D eigenvalue weighted by Crippen LogP contribution is 2.24. The van der Waals surface area contributed by atoms with Gasteiger partial charge in [-0.15, -0.1) is 0 Å². The number of fused-ring (bicyclic) bond motifs is 1. The van der Waals surface area contributed by atoms with E-state index in [9.17, 15) is 24.6 Å². The molecule has 0 aliphatic carbocycles. The summed E-state index contributed by atoms with van der Waals surface area (Å²) in [6.45, 7) is 3.83. The molecule has 182 valence electrons. The molecule has 0 spiro atoms. The molecule has 33 heavy (non-hydrogen) atoms. The molecule has 2 aliphatic rings. The van der Waals surface area contributed by atoms with Gasteiger partial charge < -0.3 is 25.0 Å². The summed E-state index contributed by atoms with van der Waals surface area (Å²) in [4.78, 5) is 37.4. The average molecular weight is 463 g/mol. The fourth-order valence-corrected chi connectivity index (χ4v) is 4.28. The quantitative estimate of drug-likeness (QED) is 0.337. The number of amides is 3. The molecular formula is C24H34N2O7. The first-order valence-electron chi connectivity index (χ1n) is 11.7. The van der Waals surface area contributed by atoms with E-state index in [2.05, 4.69) is 5.32 Å². The highest BCUT2D eigenvalue weighted by Gasteiger charge is 2.43. The predicted molar refractivity (Wildman–Crippen MR) is 119 cm³/mol. The number of benzene rings is 1. The minimum absolute atomic E-state index is 0.206. The van der Waals surface area contributed by atoms with Gasteiger partial charge in [-0.05, 0) is 31.9 Å². The summed E-state index contributed by atoms with van der Waals surface area (Å²) in [7, 11) is 0. The average Bonchev–Trinajstić information content (AvgIpc) is 3.03. The number of hydrogen-bond donors (Lipinski definition) is 3. The molecule has 2 heterocycles. The maximum Gasteiger partial charge on any atom is 0.261 e. The number of nitrogens with zero attached hydrogens (tertiary/aromatic N) is 1. The van der Waals surface area contributed by atoms with E-state index < -0.39 is 30.6 Å². The number of carbonyl (C=O) groups excluding carboxylic acids is 3. The molecule has 1 saturated heterocycles. The monoisotopic (exact) mass is 462 g/mol. The molecule has 5 atom stereocenters. The van der Waals surface area contributed by atoms with Crippen LogP contribution < -0.4 is 5.32 Å². The fourth-order valence-electron chi connectivity index (χ4n) is 4.28. The summed E-state index contributed by atoms with van der Waals surface area (Å²) in [5, 5.41) is 22.8. The second kappa shape index (κ2) is 11.7. The predicted octanol–water partition coefficient (Wildman–Crippen LogP) is 1.61. The van der Waals surface area contributed by atoms with Crippen LogP contribution in [-0.2, 0) is 14.3 Å². The van der Waals surface area contributed by atoms with Crippen LogP contribution >= 0.6 is 0 Å². The molecule has 1 aromatic rings. The number of rotatable bonds is 11. The Morgan fingerprint density at radius 1 is 1.00 bits per heavy atom. The van der Waals surface area contributed by atoms with Gasteiger partial charge in [0.1, 0.15) is 18.2 Å². The Kier molecular flexibility index (Phi) is 8.96. The van der Waals surface area contributed by atoms with E-state index in [4.69, 9.17) is 9.47 Å². The lowest BCUT2D eigenvalue weighted by molar-refractivity contribution is -0.260. The van der Waals surface area contributed by atoms with Crippen molar-refractivity contribution in [2.75, 3.05) is 13.2 Å². The number of nitrogens with one attached hydrogen (secondary N) is 1. The summed E-state index contributed by atoms with van der Waals surface area (Å²) < 4.78 is 11.4. The first-order chi connectivity index (χ1) is 15.8. The Labute approximate surface area is 194 Å². The van der Waals surface area contributed by atoms with Crippen LogP contribution in [0.2, 0.25) is 0 Å². The van der Waals surface area contributed by atoms with Crippen LogP contribution in [-0.4, -0.2) is 76.6 Å². The van der Waals surface area contributed by atoms with Crippen LogP contribution in [0.5, 0.6) is 0 Å². The van der Waals surface area contributed by atoms with E-state index in [1.807, 2.05) is 0 Å². The highest BCUT2D eigenvalue weighted by atomic mass is 16.7. The second-order valence-corrected chi connectivity index (χ2v) is 8.72. The molecule has 1 aromatic carbocycles. The maximum absolute atomic E-state index is 12.3. The molecule has 9 nitrogen and oxygen atoms in total. The fraction of sp³-hybridized carbons (Fsp3) is 0.625. The van der Waals surface area contributed by atoms with Gasteiger partial charge in [0.05, 0.1) is 17.2 Å². The van der Waals surface area contributed by atoms with E-state index in [0.717, 1.165) is 38.5 Å². The van der Waals surface area contributed by atoms with E-state index in [-0.39, 0.29) is 17.7 Å². The van der Waals surface area contributed by atoms with Gasteiger partial charge in [-0.3, -0.25) is 19.3 Å². The lowest BCUT2D eigenvalue weighted by Crippen LogP contribution is -2.63. The smallest absolute Gasteiger partial charge is 0.261 e. The summed E-state index contributed by atoms with van der Waals surface area (Å²) in [5.41, 5.74) is 0.975. The second-order valence-electron chi connectivity index (χ2n) is 8.72. The minimum Gasteiger partial charge on any atom is -0.388 e. The number of ether oxygens (including phenoxy) is 2. The number of carbonyl (C=O) groups is 3. The number of aliphatic hydroxyl groups is 2. The van der Waals surface area contributed by atoms with Crippen LogP contribution in [0.3, 0.4) is 0 Å². The Morgan fingerprint density at radius 2 is 1.58 bits per heavy atom. The maximum atomic E-state index is 12.3. The Bertz CT molecular complexity index is 811. The first-order valence-corrected chi connectivity index (χ1v) is 11.7. The van der Waals surface area contributed by atoms with Crippen molar-refractivity contribution in [3.63, 3.8) is 0 Å². The summed E-state index contributed by atoms with van der Waals surface area (Å²) >= 11 is 0. The van der Waals surface area contributed by atoms with Crippen LogP contribution in [0.1, 0.15) is 73.1 Å². The van der Waals surface area contributed by atoms with Gasteiger partial charge in [0.2, 0.25) is 5.91 Å². The van der Waals surface area contributed by atoms with Crippen LogP contribution in [0.15, 0.2) is 24.3 Å². The lowest BCUT2D eigenvalue weighted by atomic mass is 9.97. The van der Waals surface area contributed by atoms with Gasteiger partial charge in [-0.2, -0.15) is 0 Å². The molecule has 1 fully saturated rings. The molecule has 0 bridgehead atoms. The van der Waals surface area contributed by atoms with Crippen molar-refractivity contribution in [3.8, 4) is 0 Å². The summed E-state index contributed by atoms with van der Waals surface area (Å²) in [6.07, 6.45) is 1.72. The van der Waals surface area contributed by atoms with Gasteiger partial charge in [0.15, 0.2) is 6.29 Å². The van der Waals surface area contributed by atoms with Crippen molar-refractivity contribution < 1.29 is 34.1 Å². The van der Waals surface area contributed by atoms with Crippen molar-refractivity contribution in [2.24, 2.45) is 0 Å². The van der Waals surface area contributed by atoms with E-state index >= 15 is 0 Å². The molecule has 0 radical (unpaired) electrons. The van der Waals surface area contributed by atoms with Gasteiger partial charge >= 0.3 is 0 Å². The van der Waals surface area contributed by atoms with E-state index in [1.165, 1.54) is 11.8 Å². The first kappa shape index (κ1) is 25.3. The van der Waals surface area contributed by atoms with Crippen LogP contribution in [0.4, 0.5) is 0 Å². The zero-order valence-corrected chi connectivity index (χ0v) is 19.2. The van der Waals surface area contributed by atoms with E-state index in [1.54, 1.807) is 31.2 Å². The van der Waals surface area contributed by atoms with E-state index in [0.29, 0.717) is 24.3 Å². The van der Waals surface area contributed by atoms with Crippen molar-refractivity contribution in [1.82, 2.24) is 10.2 Å². The molecule has 9 heteroatoms. The molecule has 0 unspecified atom stereocenters. The molecular weight excluding hydrogens is 428 g/mol. The van der Waals surface area contributed by atoms with Crippen molar-refractivity contribution in [2.45, 2.75) is 83.0 Å². The summed E-state index contributed by atoms with van der Waals surface area (Å²) in [6, 6.07) is 6.10. The van der Waals surface area contributed by atoms with Gasteiger partial charge in [-0.25, -0.2) is 0 Å². The van der Waals surface area contributed by atoms with Gasteiger partial charge in [0, 0.05) is 20.1 Å². The van der Waals surface area contributed by atoms with Gasteiger partial charge in [0.25, 0.3) is 11.8 Å². The number of hydrogen-bond acceptors (Lipinski definition) is 7. The summed E-state index contributed by atoms with van der Waals surface area (Å²) in [5.74, 6) is -0.747. The molecule has 3 amide bonds. The molecule has 3 rings (SSSR count). The zero-order chi connectivity index (χ0) is 24.0. The largest absolute Gasteiger partial charge is 0.388 e. The van der Waals surface area contributed by atoms with Crippen LogP contribution in [0.25, 0.3) is 0 Å². The zero-order valence-electron chi connectivity index (χ0n) is 19.2. The minimum atomic E-state index is -1.16. The molecule has 0 saturated carbocycles. The van der Waals surface area contributed by atoms with Crippen molar-refractivity contribution in [3.05, 3.63) is 35.4 Å². The third kappa shape index (κ3) is 6.17. The highest BCUT2D eigenvalue weighted by molar-refractivity contribution is 6.21. The normalized spacial score (nSPS) is 27.0. The number of imide groups is 1. The lowest BCUT2D eigenvalue weighted by Gasteiger charge is -2.41. The Morgan fingerprint density at radius 3 is 2.18 bits per heavy atom. The SMILES string of the molecule is CC(=O)N[C@@H]1[C@H](OCCCCCCCCN2C(=O)c3ccccc3C2=O)O[C@@H](C)[C@@H](O)[C@H]1O. The van der Waals surface area contributed by atoms with Crippen molar-refractivity contribution >= 4 is 17.7 Å². The number of unbranched alkanes of at least 4 members (excludes halogenated alkanes) is 5. The van der Waals surface area contributed by atoms with Crippen LogP contribution in [0, 0.1) is 0 Å². The Balaban J connectivity index is 1.29. The molecule has 3 N–H and O–H groups in total. The third-order valence-corrected chi connectivity index (χ3v) is 6.15. The molecule has 0 aromatic heterocycles. The van der Waals surface area contributed by atoms with Gasteiger partial charge in [-0.1, -0.05) is 37.8 Å². The Hall–Kier alpha value is -2.33. The molecule has 2 aliphatic heterocycles. The number of aliphatic hydroxyl groups excluding tert-OH is 2. The topological polar surface area (TPSA) is 125 Å². The third-order valence-electron chi connectivity index (χ3n) is 6.15. The standard InChI is InChI=1S/C24H34N2O7/c1-15-20(28)21(29)19(25-16(2)27)24(33-15)32-14-10-6-4-3-5-9-13-26-22(30)17-11-7-8-12-18(17)23(26)31/h7-8,11-12,15,19-21,24,28-29H,3-6,9-10,13-14H2,1-2H3,(H,25,27)/t15-,19-,20+,21-,24+/m0/s1.